The molecule has 0 saturated heterocycles. The average molecular weight is 261 g/mol. The van der Waals surface area contributed by atoms with E-state index in [4.69, 9.17) is 5.11 Å². The van der Waals surface area contributed by atoms with Gasteiger partial charge >= 0.3 is 0 Å². The first-order valence-corrected chi connectivity index (χ1v) is 6.94. The molecule has 4 nitrogen and oxygen atoms in total. The van der Waals surface area contributed by atoms with Gasteiger partial charge in [0, 0.05) is 6.04 Å². The van der Waals surface area contributed by atoms with Gasteiger partial charge in [0.05, 0.1) is 12.4 Å². The molecule has 96 valence electrons. The van der Waals surface area contributed by atoms with Crippen LogP contribution in [-0.2, 0) is 16.4 Å². The Bertz CT molecular complexity index is 462. The predicted molar refractivity (Wildman–Crippen MR) is 63.6 cm³/mol. The average Bonchev–Trinajstić information content (AvgIpc) is 2.27. The van der Waals surface area contributed by atoms with Crippen molar-refractivity contribution in [1.82, 2.24) is 4.72 Å². The lowest BCUT2D eigenvalue weighted by atomic mass is 10.2. The Morgan fingerprint density at radius 1 is 1.41 bits per heavy atom. The van der Waals surface area contributed by atoms with E-state index in [-0.39, 0.29) is 18.8 Å². The molecule has 0 heterocycles. The maximum Gasteiger partial charge on any atom is 0.212 e. The number of hydrogen-bond acceptors (Lipinski definition) is 3. The van der Waals surface area contributed by atoms with Crippen molar-refractivity contribution in [3.63, 3.8) is 0 Å². The molecule has 0 spiro atoms. The van der Waals surface area contributed by atoms with Gasteiger partial charge in [-0.1, -0.05) is 18.2 Å². The molecule has 0 aliphatic carbocycles. The van der Waals surface area contributed by atoms with E-state index < -0.39 is 21.9 Å². The molecule has 2 N–H and O–H groups in total. The smallest absolute Gasteiger partial charge is 0.212 e. The van der Waals surface area contributed by atoms with Crippen molar-refractivity contribution in [2.75, 3.05) is 12.4 Å². The summed E-state index contributed by atoms with van der Waals surface area (Å²) in [7, 11) is -3.48. The number of nitrogens with one attached hydrogen (secondary N) is 1. The highest BCUT2D eigenvalue weighted by Crippen LogP contribution is 2.08. The Balaban J connectivity index is 2.59. The number of aliphatic hydroxyl groups is 1. The van der Waals surface area contributed by atoms with Crippen LogP contribution in [0.25, 0.3) is 0 Å². The minimum atomic E-state index is -3.48. The van der Waals surface area contributed by atoms with Gasteiger partial charge in [-0.05, 0) is 25.0 Å². The monoisotopic (exact) mass is 261 g/mol. The van der Waals surface area contributed by atoms with Gasteiger partial charge in [0.2, 0.25) is 10.0 Å². The van der Waals surface area contributed by atoms with Crippen molar-refractivity contribution in [2.45, 2.75) is 19.4 Å². The molecule has 0 amide bonds. The molecule has 0 radical (unpaired) electrons. The van der Waals surface area contributed by atoms with Crippen molar-refractivity contribution in [1.29, 1.82) is 0 Å². The Labute approximate surface area is 101 Å². The molecule has 0 saturated carbocycles. The van der Waals surface area contributed by atoms with Crippen molar-refractivity contribution >= 4 is 10.0 Å². The van der Waals surface area contributed by atoms with E-state index >= 15 is 0 Å². The van der Waals surface area contributed by atoms with E-state index in [0.717, 1.165) is 0 Å². The second-order valence-electron chi connectivity index (χ2n) is 3.86. The molecule has 0 unspecified atom stereocenters. The van der Waals surface area contributed by atoms with E-state index in [0.29, 0.717) is 5.56 Å². The molecular weight excluding hydrogens is 245 g/mol. The number of benzene rings is 1. The summed E-state index contributed by atoms with van der Waals surface area (Å²) in [5, 5.41) is 8.74. The summed E-state index contributed by atoms with van der Waals surface area (Å²) in [6, 6.07) is 5.54. The SMILES string of the molecule is C[C@@H](CO)NS(=O)(=O)CCc1ccccc1F. The Morgan fingerprint density at radius 3 is 2.65 bits per heavy atom. The molecule has 0 aliphatic heterocycles. The maximum atomic E-state index is 13.2. The van der Waals surface area contributed by atoms with E-state index in [2.05, 4.69) is 4.72 Å². The lowest BCUT2D eigenvalue weighted by Crippen LogP contribution is -2.37. The van der Waals surface area contributed by atoms with Gasteiger partial charge in [-0.25, -0.2) is 17.5 Å². The molecule has 0 bridgehead atoms. The zero-order valence-electron chi connectivity index (χ0n) is 9.56. The van der Waals surface area contributed by atoms with Crippen molar-refractivity contribution < 1.29 is 17.9 Å². The highest BCUT2D eigenvalue weighted by molar-refractivity contribution is 7.89. The lowest BCUT2D eigenvalue weighted by Gasteiger charge is -2.11. The van der Waals surface area contributed by atoms with Gasteiger partial charge in [0.1, 0.15) is 5.82 Å². The van der Waals surface area contributed by atoms with E-state index in [1.54, 1.807) is 25.1 Å². The third kappa shape index (κ3) is 4.80. The highest BCUT2D eigenvalue weighted by atomic mass is 32.2. The fourth-order valence-corrected chi connectivity index (χ4v) is 2.64. The lowest BCUT2D eigenvalue weighted by molar-refractivity contribution is 0.265. The molecule has 0 aromatic heterocycles. The zero-order valence-corrected chi connectivity index (χ0v) is 10.4. The van der Waals surface area contributed by atoms with Gasteiger partial charge in [-0.3, -0.25) is 0 Å². The first-order chi connectivity index (χ1) is 7.94. The number of halogens is 1. The quantitative estimate of drug-likeness (QED) is 0.791. The Kier molecular flexibility index (Phi) is 5.04. The fourth-order valence-electron chi connectivity index (χ4n) is 1.35. The fraction of sp³-hybridized carbons (Fsp3) is 0.455. The van der Waals surface area contributed by atoms with Gasteiger partial charge in [-0.2, -0.15) is 0 Å². The highest BCUT2D eigenvalue weighted by Gasteiger charge is 2.14. The largest absolute Gasteiger partial charge is 0.395 e. The molecule has 1 aromatic carbocycles. The van der Waals surface area contributed by atoms with Crippen LogP contribution in [0.15, 0.2) is 24.3 Å². The molecule has 0 fully saturated rings. The summed E-state index contributed by atoms with van der Waals surface area (Å²) in [6.45, 7) is 1.29. The minimum Gasteiger partial charge on any atom is -0.395 e. The minimum absolute atomic E-state index is 0.111. The summed E-state index contributed by atoms with van der Waals surface area (Å²) in [6.07, 6.45) is 0.111. The van der Waals surface area contributed by atoms with Gasteiger partial charge in [0.15, 0.2) is 0 Å². The summed E-state index contributed by atoms with van der Waals surface area (Å²) in [5.41, 5.74) is 0.370. The molecule has 6 heteroatoms. The number of rotatable bonds is 6. The molecular formula is C11H16FNO3S. The predicted octanol–water partition coefficient (Wildman–Crippen LogP) is 0.668. The second-order valence-corrected chi connectivity index (χ2v) is 5.74. The summed E-state index contributed by atoms with van der Waals surface area (Å²) in [5.74, 6) is -0.601. The van der Waals surface area contributed by atoms with Crippen molar-refractivity contribution in [3.05, 3.63) is 35.6 Å². The van der Waals surface area contributed by atoms with Crippen LogP contribution in [0.3, 0.4) is 0 Å². The zero-order chi connectivity index (χ0) is 12.9. The topological polar surface area (TPSA) is 66.4 Å². The van der Waals surface area contributed by atoms with Crippen LogP contribution in [-0.4, -0.2) is 31.9 Å². The Morgan fingerprint density at radius 2 is 2.06 bits per heavy atom. The van der Waals surface area contributed by atoms with Crippen molar-refractivity contribution in [2.24, 2.45) is 0 Å². The Hall–Kier alpha value is -0.980. The summed E-state index contributed by atoms with van der Waals surface area (Å²) in [4.78, 5) is 0. The molecule has 1 atom stereocenters. The van der Waals surface area contributed by atoms with E-state index in [1.165, 1.54) is 6.07 Å². The third-order valence-electron chi connectivity index (χ3n) is 2.25. The number of aryl methyl sites for hydroxylation is 1. The summed E-state index contributed by atoms with van der Waals surface area (Å²) < 4.78 is 38.6. The normalized spacial score (nSPS) is 13.6. The number of aliphatic hydroxyl groups excluding tert-OH is 1. The second kappa shape index (κ2) is 6.09. The van der Waals surface area contributed by atoms with Crippen LogP contribution < -0.4 is 4.72 Å². The standard InChI is InChI=1S/C11H16FNO3S/c1-9(8-14)13-17(15,16)7-6-10-4-2-3-5-11(10)12/h2-5,9,13-14H,6-8H2,1H3/t9-/m0/s1. The van der Waals surface area contributed by atoms with Crippen LogP contribution in [0.5, 0.6) is 0 Å². The third-order valence-corrected chi connectivity index (χ3v) is 3.76. The van der Waals surface area contributed by atoms with Crippen LogP contribution in [0.1, 0.15) is 12.5 Å². The molecule has 1 rings (SSSR count). The van der Waals surface area contributed by atoms with Gasteiger partial charge in [-0.15, -0.1) is 0 Å². The van der Waals surface area contributed by atoms with Crippen LogP contribution in [0.4, 0.5) is 4.39 Å². The van der Waals surface area contributed by atoms with Crippen LogP contribution in [0, 0.1) is 5.82 Å². The van der Waals surface area contributed by atoms with E-state index in [1.807, 2.05) is 0 Å². The molecule has 1 aromatic rings. The summed E-state index contributed by atoms with van der Waals surface area (Å²) >= 11 is 0. The molecule has 0 aliphatic rings. The molecule has 17 heavy (non-hydrogen) atoms. The van der Waals surface area contributed by atoms with Gasteiger partial charge in [0.25, 0.3) is 0 Å². The van der Waals surface area contributed by atoms with Crippen LogP contribution >= 0.6 is 0 Å². The number of hydrogen-bond donors (Lipinski definition) is 2. The van der Waals surface area contributed by atoms with Gasteiger partial charge < -0.3 is 5.11 Å². The first kappa shape index (κ1) is 14.1. The van der Waals surface area contributed by atoms with E-state index in [9.17, 15) is 12.8 Å². The van der Waals surface area contributed by atoms with Crippen LogP contribution in [0.2, 0.25) is 0 Å². The first-order valence-electron chi connectivity index (χ1n) is 5.29. The number of sulfonamides is 1. The van der Waals surface area contributed by atoms with Crippen molar-refractivity contribution in [3.8, 4) is 0 Å². The maximum absolute atomic E-state index is 13.2.